The topological polar surface area (TPSA) is 87.3 Å². The Bertz CT molecular complexity index is 908. The van der Waals surface area contributed by atoms with Gasteiger partial charge in [0.25, 0.3) is 5.91 Å². The molecule has 0 saturated carbocycles. The zero-order valence-corrected chi connectivity index (χ0v) is 16.3. The Morgan fingerprint density at radius 1 is 1.08 bits per heavy atom. The average Bonchev–Trinajstić information content (AvgIpc) is 2.59. The summed E-state index contributed by atoms with van der Waals surface area (Å²) in [4.78, 5) is 12.2. The summed E-state index contributed by atoms with van der Waals surface area (Å²) >= 11 is 17.8. The molecule has 0 atom stereocenters. The second-order valence-corrected chi connectivity index (χ2v) is 8.01. The maximum atomic E-state index is 12.2. The van der Waals surface area contributed by atoms with Crippen LogP contribution in [0.5, 0.6) is 0 Å². The van der Waals surface area contributed by atoms with Gasteiger partial charge in [-0.1, -0.05) is 40.9 Å². The molecule has 0 fully saturated rings. The van der Waals surface area contributed by atoms with Gasteiger partial charge in [-0.25, -0.2) is 13.1 Å². The fraction of sp³-hybridized carbons (Fsp3) is 0.0625. The summed E-state index contributed by atoms with van der Waals surface area (Å²) < 4.78 is 26.3. The lowest BCUT2D eigenvalue weighted by molar-refractivity contribution is 0.0962. The Kier molecular flexibility index (Phi) is 6.91. The quantitative estimate of drug-likeness (QED) is 0.456. The smallest absolute Gasteiger partial charge is 0.269 e. The van der Waals surface area contributed by atoms with E-state index in [1.165, 1.54) is 42.5 Å². The van der Waals surface area contributed by atoms with E-state index in [9.17, 15) is 13.2 Å². The van der Waals surface area contributed by atoms with E-state index in [1.54, 1.807) is 0 Å². The number of carbonyl (C=O) groups excluding carboxylic acids is 1. The van der Waals surface area contributed by atoms with Crippen molar-refractivity contribution in [2.45, 2.75) is 4.90 Å². The van der Waals surface area contributed by atoms with Gasteiger partial charge in [0.15, 0.2) is 0 Å². The molecule has 2 aromatic rings. The van der Waals surface area contributed by atoms with Gasteiger partial charge in [-0.05, 0) is 36.4 Å². The highest BCUT2D eigenvalue weighted by molar-refractivity contribution is 7.89. The summed E-state index contributed by atoms with van der Waals surface area (Å²) in [7, 11) is -3.65. The van der Waals surface area contributed by atoms with Gasteiger partial charge >= 0.3 is 0 Å². The number of nitrogens with one attached hydrogen (secondary N) is 3. The van der Waals surface area contributed by atoms with E-state index in [4.69, 9.17) is 34.8 Å². The molecule has 26 heavy (non-hydrogen) atoms. The molecule has 0 aliphatic carbocycles. The maximum Gasteiger partial charge on any atom is 0.269 e. The lowest BCUT2D eigenvalue weighted by Crippen LogP contribution is -2.29. The third-order valence-electron chi connectivity index (χ3n) is 3.15. The number of anilines is 1. The molecule has 0 saturated heterocycles. The minimum Gasteiger partial charge on any atom is -0.295 e. The predicted molar refractivity (Wildman–Crippen MR) is 104 cm³/mol. The Hall–Kier alpha value is -1.77. The maximum absolute atomic E-state index is 12.2. The lowest BCUT2D eigenvalue weighted by Gasteiger charge is -2.12. The Labute approximate surface area is 166 Å². The normalized spacial score (nSPS) is 11.0. The van der Waals surface area contributed by atoms with Gasteiger partial charge in [0.05, 0.1) is 20.6 Å². The van der Waals surface area contributed by atoms with E-state index in [2.05, 4.69) is 22.2 Å². The molecule has 2 rings (SSSR count). The van der Waals surface area contributed by atoms with Crippen molar-refractivity contribution in [2.24, 2.45) is 0 Å². The van der Waals surface area contributed by atoms with Crippen molar-refractivity contribution in [3.8, 4) is 0 Å². The number of hydrogen-bond donors (Lipinski definition) is 3. The minimum absolute atomic E-state index is 0.0349. The molecule has 138 valence electrons. The van der Waals surface area contributed by atoms with Gasteiger partial charge in [0, 0.05) is 17.1 Å². The molecule has 2 aromatic carbocycles. The van der Waals surface area contributed by atoms with Crippen LogP contribution in [-0.2, 0) is 10.0 Å². The summed E-state index contributed by atoms with van der Waals surface area (Å²) in [6.07, 6.45) is 1.43. The molecule has 3 N–H and O–H groups in total. The number of carbonyl (C=O) groups is 1. The predicted octanol–water partition coefficient (Wildman–Crippen LogP) is 3.87. The van der Waals surface area contributed by atoms with Crippen molar-refractivity contribution in [2.75, 3.05) is 12.0 Å². The largest absolute Gasteiger partial charge is 0.295 e. The van der Waals surface area contributed by atoms with Crippen LogP contribution >= 0.6 is 34.8 Å². The number of sulfonamides is 1. The molecule has 0 aromatic heterocycles. The highest BCUT2D eigenvalue weighted by Crippen LogP contribution is 2.33. The highest BCUT2D eigenvalue weighted by Gasteiger charge is 2.14. The summed E-state index contributed by atoms with van der Waals surface area (Å²) in [6, 6.07) is 8.35. The number of hydrazine groups is 1. The van der Waals surface area contributed by atoms with Crippen LogP contribution < -0.4 is 15.6 Å². The first-order valence-electron chi connectivity index (χ1n) is 7.16. The van der Waals surface area contributed by atoms with Gasteiger partial charge in [-0.2, -0.15) is 0 Å². The molecular weight excluding hydrogens is 421 g/mol. The van der Waals surface area contributed by atoms with Crippen LogP contribution in [0.25, 0.3) is 0 Å². The van der Waals surface area contributed by atoms with Crippen LogP contribution in [0.1, 0.15) is 10.4 Å². The fourth-order valence-electron chi connectivity index (χ4n) is 1.89. The van der Waals surface area contributed by atoms with Crippen molar-refractivity contribution in [1.29, 1.82) is 0 Å². The monoisotopic (exact) mass is 433 g/mol. The summed E-state index contributed by atoms with van der Waals surface area (Å²) in [5.74, 6) is -0.505. The Morgan fingerprint density at radius 2 is 1.65 bits per heavy atom. The van der Waals surface area contributed by atoms with E-state index in [1.807, 2.05) is 0 Å². The first-order chi connectivity index (χ1) is 12.2. The molecular formula is C16H14Cl3N3O3S. The lowest BCUT2D eigenvalue weighted by atomic mass is 10.2. The number of benzene rings is 2. The second kappa shape index (κ2) is 8.75. The summed E-state index contributed by atoms with van der Waals surface area (Å²) in [5, 5.41) is 0.828. The van der Waals surface area contributed by atoms with Crippen LogP contribution in [0, 0.1) is 0 Å². The second-order valence-electron chi connectivity index (χ2n) is 4.99. The molecule has 0 radical (unpaired) electrons. The first-order valence-corrected chi connectivity index (χ1v) is 9.78. The molecule has 0 aliphatic heterocycles. The molecule has 0 spiro atoms. The van der Waals surface area contributed by atoms with E-state index < -0.39 is 15.9 Å². The molecule has 10 heteroatoms. The zero-order valence-electron chi connectivity index (χ0n) is 13.2. The van der Waals surface area contributed by atoms with Gasteiger partial charge < -0.3 is 0 Å². The van der Waals surface area contributed by atoms with Gasteiger partial charge in [-0.15, -0.1) is 6.58 Å². The molecule has 1 amide bonds. The van der Waals surface area contributed by atoms with E-state index in [0.29, 0.717) is 10.7 Å². The Morgan fingerprint density at radius 3 is 2.19 bits per heavy atom. The highest BCUT2D eigenvalue weighted by atomic mass is 35.5. The van der Waals surface area contributed by atoms with Crippen molar-refractivity contribution in [3.63, 3.8) is 0 Å². The molecule has 0 heterocycles. The SMILES string of the molecule is C=CCNS(=O)(=O)c1ccc(C(=O)NNc2c(Cl)cc(Cl)cc2Cl)cc1. The van der Waals surface area contributed by atoms with Crippen LogP contribution in [0.2, 0.25) is 15.1 Å². The average molecular weight is 435 g/mol. The van der Waals surface area contributed by atoms with Gasteiger partial charge in [0.1, 0.15) is 0 Å². The van der Waals surface area contributed by atoms with E-state index >= 15 is 0 Å². The number of hydrogen-bond acceptors (Lipinski definition) is 4. The zero-order chi connectivity index (χ0) is 19.3. The van der Waals surface area contributed by atoms with Gasteiger partial charge in [0.2, 0.25) is 10.0 Å². The summed E-state index contributed by atoms with van der Waals surface area (Å²) in [5.41, 5.74) is 5.57. The van der Waals surface area contributed by atoms with Crippen LogP contribution in [0.15, 0.2) is 53.9 Å². The standard InChI is InChI=1S/C16H14Cl3N3O3S/c1-2-7-20-26(24,25)12-5-3-10(4-6-12)16(23)22-21-15-13(18)8-11(17)9-14(15)19/h2-6,8-9,20-21H,1,7H2,(H,22,23). The van der Waals surface area contributed by atoms with Crippen LogP contribution in [0.4, 0.5) is 5.69 Å². The molecule has 0 aliphatic rings. The first kappa shape index (κ1) is 20.5. The van der Waals surface area contributed by atoms with Crippen LogP contribution in [-0.4, -0.2) is 20.9 Å². The van der Waals surface area contributed by atoms with Crippen LogP contribution in [0.3, 0.4) is 0 Å². The molecule has 0 unspecified atom stereocenters. The van der Waals surface area contributed by atoms with E-state index in [-0.39, 0.29) is 27.0 Å². The number of amides is 1. The van der Waals surface area contributed by atoms with E-state index in [0.717, 1.165) is 0 Å². The molecule has 0 bridgehead atoms. The van der Waals surface area contributed by atoms with Crippen molar-refractivity contribution < 1.29 is 13.2 Å². The van der Waals surface area contributed by atoms with Gasteiger partial charge in [-0.3, -0.25) is 15.6 Å². The van der Waals surface area contributed by atoms with Crippen molar-refractivity contribution in [1.82, 2.24) is 10.1 Å². The third-order valence-corrected chi connectivity index (χ3v) is 5.41. The fourth-order valence-corrected chi connectivity index (χ4v) is 3.80. The Balaban J connectivity index is 2.08. The third kappa shape index (κ3) is 5.12. The summed E-state index contributed by atoms with van der Waals surface area (Å²) in [6.45, 7) is 3.55. The number of rotatable bonds is 7. The minimum atomic E-state index is -3.65. The van der Waals surface area contributed by atoms with Crippen molar-refractivity contribution >= 4 is 56.4 Å². The van der Waals surface area contributed by atoms with Crippen molar-refractivity contribution in [3.05, 3.63) is 69.7 Å². The number of halogens is 3. The molecule has 6 nitrogen and oxygen atoms in total.